The van der Waals surface area contributed by atoms with Gasteiger partial charge in [0.2, 0.25) is 0 Å². The lowest BCUT2D eigenvalue weighted by molar-refractivity contribution is -0.122. The fourth-order valence-corrected chi connectivity index (χ4v) is 2.99. The number of hydrogen-bond donors (Lipinski definition) is 1. The van der Waals surface area contributed by atoms with Gasteiger partial charge in [0, 0.05) is 10.5 Å². The highest BCUT2D eigenvalue weighted by Crippen LogP contribution is 2.34. The van der Waals surface area contributed by atoms with E-state index in [2.05, 4.69) is 21.2 Å². The van der Waals surface area contributed by atoms with Gasteiger partial charge in [0.25, 0.3) is 11.9 Å². The Kier molecular flexibility index (Phi) is 3.70. The molecule has 1 aromatic carbocycles. The Bertz CT molecular complexity index is 744. The first-order valence-electron chi connectivity index (χ1n) is 6.52. The number of halogens is 1. The van der Waals surface area contributed by atoms with E-state index in [9.17, 15) is 4.79 Å². The van der Waals surface area contributed by atoms with Crippen molar-refractivity contribution in [1.29, 1.82) is 0 Å². The average molecular weight is 381 g/mol. The number of nitrogens with zero attached hydrogens (tertiary/aromatic N) is 1. The second kappa shape index (κ2) is 5.40. The van der Waals surface area contributed by atoms with Crippen LogP contribution >= 0.6 is 28.1 Å². The predicted octanol–water partition coefficient (Wildman–Crippen LogP) is 3.19. The van der Waals surface area contributed by atoms with Crippen molar-refractivity contribution in [2.24, 2.45) is 0 Å². The molecule has 0 spiro atoms. The van der Waals surface area contributed by atoms with Crippen LogP contribution in [0, 0.1) is 0 Å². The first-order chi connectivity index (χ1) is 10.5. The van der Waals surface area contributed by atoms with E-state index < -0.39 is 5.54 Å². The zero-order valence-corrected chi connectivity index (χ0v) is 14.3. The van der Waals surface area contributed by atoms with Crippen molar-refractivity contribution in [3.8, 4) is 5.95 Å². The van der Waals surface area contributed by atoms with E-state index in [4.69, 9.17) is 21.4 Å². The standard InChI is InChI=1S/C15H13BrN2O3S/c1-15(11-7-8-12(20-2)21-11)13(19)18(14(22)17-15)10-5-3-9(16)4-6-10/h3-8H,1-2H3,(H,17,22)/t15-/m0/s1. The lowest BCUT2D eigenvalue weighted by Crippen LogP contribution is -2.40. The highest BCUT2D eigenvalue weighted by atomic mass is 79.9. The van der Waals surface area contributed by atoms with E-state index >= 15 is 0 Å². The number of carbonyl (C=O) groups excluding carboxylic acids is 1. The number of anilines is 1. The Morgan fingerprint density at radius 2 is 1.95 bits per heavy atom. The predicted molar refractivity (Wildman–Crippen MR) is 90.0 cm³/mol. The minimum Gasteiger partial charge on any atom is -0.468 e. The Balaban J connectivity index is 1.98. The van der Waals surface area contributed by atoms with Crippen LogP contribution in [0.4, 0.5) is 5.69 Å². The Labute approximate surface area is 141 Å². The van der Waals surface area contributed by atoms with Crippen molar-refractivity contribution >= 4 is 44.9 Å². The van der Waals surface area contributed by atoms with Gasteiger partial charge in [0.05, 0.1) is 12.8 Å². The van der Waals surface area contributed by atoms with Gasteiger partial charge in [-0.2, -0.15) is 0 Å². The summed E-state index contributed by atoms with van der Waals surface area (Å²) in [6, 6.07) is 10.7. The van der Waals surface area contributed by atoms with E-state index in [1.165, 1.54) is 12.0 Å². The molecule has 2 heterocycles. The van der Waals surface area contributed by atoms with Crippen LogP contribution in [0.25, 0.3) is 0 Å². The molecular weight excluding hydrogens is 368 g/mol. The van der Waals surface area contributed by atoms with Gasteiger partial charge >= 0.3 is 0 Å². The van der Waals surface area contributed by atoms with Gasteiger partial charge in [-0.3, -0.25) is 9.69 Å². The highest BCUT2D eigenvalue weighted by molar-refractivity contribution is 9.10. The van der Waals surface area contributed by atoms with E-state index in [0.717, 1.165) is 4.47 Å². The summed E-state index contributed by atoms with van der Waals surface area (Å²) in [4.78, 5) is 14.4. The minimum absolute atomic E-state index is 0.197. The minimum atomic E-state index is -1.05. The molecule has 0 unspecified atom stereocenters. The first kappa shape index (κ1) is 15.1. The van der Waals surface area contributed by atoms with Crippen LogP contribution in [0.5, 0.6) is 5.95 Å². The molecule has 7 heteroatoms. The van der Waals surface area contributed by atoms with Gasteiger partial charge in [-0.1, -0.05) is 15.9 Å². The summed E-state index contributed by atoms with van der Waals surface area (Å²) in [5.74, 6) is 0.604. The zero-order valence-electron chi connectivity index (χ0n) is 11.9. The number of ether oxygens (including phenoxy) is 1. The van der Waals surface area contributed by atoms with Gasteiger partial charge < -0.3 is 14.5 Å². The summed E-state index contributed by atoms with van der Waals surface area (Å²) >= 11 is 8.70. The summed E-state index contributed by atoms with van der Waals surface area (Å²) in [6.45, 7) is 1.73. The highest BCUT2D eigenvalue weighted by Gasteiger charge is 2.50. The third-order valence-electron chi connectivity index (χ3n) is 3.55. The number of thiocarbonyl (C=S) groups is 1. The quantitative estimate of drug-likeness (QED) is 0.828. The maximum absolute atomic E-state index is 12.9. The molecule has 22 heavy (non-hydrogen) atoms. The summed E-state index contributed by atoms with van der Waals surface area (Å²) in [6.07, 6.45) is 0. The fourth-order valence-electron chi connectivity index (χ4n) is 2.33. The molecule has 0 radical (unpaired) electrons. The number of hydrogen-bond acceptors (Lipinski definition) is 4. The second-order valence-electron chi connectivity index (χ2n) is 4.99. The topological polar surface area (TPSA) is 54.7 Å². The van der Waals surface area contributed by atoms with Gasteiger partial charge in [-0.15, -0.1) is 0 Å². The molecule has 114 valence electrons. The summed E-state index contributed by atoms with van der Waals surface area (Å²) < 4.78 is 11.5. The maximum Gasteiger partial charge on any atom is 0.284 e. The number of amides is 1. The Morgan fingerprint density at radius 3 is 2.55 bits per heavy atom. The monoisotopic (exact) mass is 380 g/mol. The molecule has 1 aliphatic heterocycles. The van der Waals surface area contributed by atoms with Gasteiger partial charge in [-0.25, -0.2) is 0 Å². The Morgan fingerprint density at radius 1 is 1.27 bits per heavy atom. The molecule has 1 atom stereocenters. The number of methoxy groups -OCH3 is 1. The van der Waals surface area contributed by atoms with Crippen molar-refractivity contribution in [2.75, 3.05) is 12.0 Å². The van der Waals surface area contributed by atoms with Crippen LogP contribution < -0.4 is 15.0 Å². The van der Waals surface area contributed by atoms with E-state index in [1.54, 1.807) is 19.1 Å². The van der Waals surface area contributed by atoms with Crippen LogP contribution in [0.1, 0.15) is 12.7 Å². The molecule has 1 saturated heterocycles. The molecule has 2 aromatic rings. The van der Waals surface area contributed by atoms with Gasteiger partial charge in [0.15, 0.2) is 10.7 Å². The largest absolute Gasteiger partial charge is 0.468 e. The van der Waals surface area contributed by atoms with Crippen LogP contribution in [0.2, 0.25) is 0 Å². The van der Waals surface area contributed by atoms with Crippen molar-refractivity contribution in [2.45, 2.75) is 12.5 Å². The number of benzene rings is 1. The van der Waals surface area contributed by atoms with Crippen LogP contribution in [-0.2, 0) is 10.3 Å². The van der Waals surface area contributed by atoms with E-state index in [-0.39, 0.29) is 5.91 Å². The molecular formula is C15H13BrN2O3S. The molecule has 0 saturated carbocycles. The van der Waals surface area contributed by atoms with Gasteiger partial charge in [-0.05, 0) is 49.5 Å². The molecule has 1 amide bonds. The number of nitrogens with one attached hydrogen (secondary N) is 1. The van der Waals surface area contributed by atoms with E-state index in [0.29, 0.717) is 22.5 Å². The number of carbonyl (C=O) groups is 1. The van der Waals surface area contributed by atoms with Crippen LogP contribution in [-0.4, -0.2) is 18.1 Å². The summed E-state index contributed by atoms with van der Waals surface area (Å²) in [7, 11) is 1.51. The van der Waals surface area contributed by atoms with Crippen molar-refractivity contribution in [3.05, 3.63) is 46.6 Å². The fraction of sp³-hybridized carbons (Fsp3) is 0.200. The molecule has 5 nitrogen and oxygen atoms in total. The molecule has 1 fully saturated rings. The SMILES string of the molecule is COc1ccc([C@]2(C)NC(=S)N(c3ccc(Br)cc3)C2=O)o1. The second-order valence-corrected chi connectivity index (χ2v) is 6.30. The molecule has 0 aliphatic carbocycles. The smallest absolute Gasteiger partial charge is 0.284 e. The maximum atomic E-state index is 12.9. The zero-order chi connectivity index (χ0) is 15.9. The molecule has 1 aromatic heterocycles. The number of rotatable bonds is 3. The third-order valence-corrected chi connectivity index (χ3v) is 4.36. The third kappa shape index (κ3) is 2.30. The molecule has 3 rings (SSSR count). The lowest BCUT2D eigenvalue weighted by Gasteiger charge is -2.19. The van der Waals surface area contributed by atoms with Crippen LogP contribution in [0.3, 0.4) is 0 Å². The van der Waals surface area contributed by atoms with E-state index in [1.807, 2.05) is 24.3 Å². The van der Waals surface area contributed by atoms with Gasteiger partial charge in [0.1, 0.15) is 5.76 Å². The van der Waals surface area contributed by atoms with Crippen molar-refractivity contribution in [1.82, 2.24) is 5.32 Å². The lowest BCUT2D eigenvalue weighted by atomic mass is 9.99. The summed E-state index contributed by atoms with van der Waals surface area (Å²) in [5, 5.41) is 3.38. The summed E-state index contributed by atoms with van der Waals surface area (Å²) in [5.41, 5.74) is -0.353. The van der Waals surface area contributed by atoms with Crippen molar-refractivity contribution in [3.63, 3.8) is 0 Å². The normalized spacial score (nSPS) is 21.1. The number of furan rings is 1. The Hall–Kier alpha value is -1.86. The van der Waals surface area contributed by atoms with Crippen molar-refractivity contribution < 1.29 is 13.9 Å². The molecule has 0 bridgehead atoms. The molecule has 1 N–H and O–H groups in total. The van der Waals surface area contributed by atoms with Crippen LogP contribution in [0.15, 0.2) is 45.3 Å². The first-order valence-corrected chi connectivity index (χ1v) is 7.72. The molecule has 1 aliphatic rings. The average Bonchev–Trinajstić information content (AvgIpc) is 3.06.